The number of thiophene rings is 1. The standard InChI is InChI=1S/C17H15N3O4S/c21-15(18-9-11-3-4-12-13(8-11)23-10-22-12)5-6-16-19-17(20-24-16)14-2-1-7-25-14/h1-4,7-8H,5-6,9-10H2,(H,18,21). The maximum Gasteiger partial charge on any atom is 0.231 e. The molecule has 4 rings (SSSR count). The van der Waals surface area contributed by atoms with Gasteiger partial charge in [-0.05, 0) is 29.1 Å². The summed E-state index contributed by atoms with van der Waals surface area (Å²) in [5.74, 6) is 2.38. The van der Waals surface area contributed by atoms with Crippen molar-refractivity contribution < 1.29 is 18.8 Å². The largest absolute Gasteiger partial charge is 0.454 e. The van der Waals surface area contributed by atoms with Crippen molar-refractivity contribution >= 4 is 17.2 Å². The van der Waals surface area contributed by atoms with E-state index in [-0.39, 0.29) is 19.1 Å². The molecule has 7 nitrogen and oxygen atoms in total. The van der Waals surface area contributed by atoms with Crippen LogP contribution in [0.2, 0.25) is 0 Å². The monoisotopic (exact) mass is 357 g/mol. The van der Waals surface area contributed by atoms with E-state index in [9.17, 15) is 4.79 Å². The Morgan fingerprint density at radius 1 is 1.24 bits per heavy atom. The molecule has 0 atom stereocenters. The highest BCUT2D eigenvalue weighted by atomic mass is 32.1. The minimum absolute atomic E-state index is 0.0754. The fraction of sp³-hybridized carbons (Fsp3) is 0.235. The van der Waals surface area contributed by atoms with Gasteiger partial charge < -0.3 is 19.3 Å². The van der Waals surface area contributed by atoms with Gasteiger partial charge in [0.05, 0.1) is 4.88 Å². The lowest BCUT2D eigenvalue weighted by Gasteiger charge is -2.05. The highest BCUT2D eigenvalue weighted by Gasteiger charge is 2.14. The van der Waals surface area contributed by atoms with E-state index in [1.54, 1.807) is 11.3 Å². The number of aryl methyl sites for hydroxylation is 1. The smallest absolute Gasteiger partial charge is 0.231 e. The molecule has 0 fully saturated rings. The second-order valence-electron chi connectivity index (χ2n) is 5.45. The molecule has 0 spiro atoms. The van der Waals surface area contributed by atoms with E-state index < -0.39 is 0 Å². The lowest BCUT2D eigenvalue weighted by Crippen LogP contribution is -2.23. The third kappa shape index (κ3) is 3.63. The molecule has 1 N–H and O–H groups in total. The zero-order valence-electron chi connectivity index (χ0n) is 13.2. The summed E-state index contributed by atoms with van der Waals surface area (Å²) < 4.78 is 15.8. The fourth-order valence-electron chi connectivity index (χ4n) is 2.42. The number of nitrogens with one attached hydrogen (secondary N) is 1. The summed E-state index contributed by atoms with van der Waals surface area (Å²) in [5, 5.41) is 8.76. The van der Waals surface area contributed by atoms with Crippen molar-refractivity contribution in [3.05, 3.63) is 47.2 Å². The Bertz CT molecular complexity index is 876. The Labute approximate surface area is 147 Å². The molecule has 1 aromatic carbocycles. The topological polar surface area (TPSA) is 86.5 Å². The van der Waals surface area contributed by atoms with Crippen LogP contribution in [0.15, 0.2) is 40.2 Å². The van der Waals surface area contributed by atoms with Gasteiger partial charge in [0.2, 0.25) is 24.4 Å². The van der Waals surface area contributed by atoms with Crippen LogP contribution < -0.4 is 14.8 Å². The summed E-state index contributed by atoms with van der Waals surface area (Å²) in [5.41, 5.74) is 0.954. The number of carbonyl (C=O) groups excluding carboxylic acids is 1. The molecule has 2 aromatic heterocycles. The third-order valence-corrected chi connectivity index (χ3v) is 4.57. The van der Waals surface area contributed by atoms with E-state index in [0.717, 1.165) is 16.2 Å². The zero-order chi connectivity index (χ0) is 17.1. The number of amides is 1. The van der Waals surface area contributed by atoms with E-state index in [1.807, 2.05) is 35.7 Å². The van der Waals surface area contributed by atoms with Crippen molar-refractivity contribution in [2.45, 2.75) is 19.4 Å². The first-order valence-corrected chi connectivity index (χ1v) is 8.67. The molecule has 128 valence electrons. The van der Waals surface area contributed by atoms with Crippen LogP contribution >= 0.6 is 11.3 Å². The number of ether oxygens (including phenoxy) is 2. The normalized spacial score (nSPS) is 12.3. The molecule has 0 saturated heterocycles. The number of rotatable bonds is 6. The molecule has 3 aromatic rings. The Kier molecular flexibility index (Phi) is 4.34. The molecule has 8 heteroatoms. The Morgan fingerprint density at radius 3 is 3.04 bits per heavy atom. The Balaban J connectivity index is 1.27. The number of hydrogen-bond donors (Lipinski definition) is 1. The van der Waals surface area contributed by atoms with Gasteiger partial charge in [0.25, 0.3) is 0 Å². The lowest BCUT2D eigenvalue weighted by atomic mass is 10.2. The lowest BCUT2D eigenvalue weighted by molar-refractivity contribution is -0.121. The van der Waals surface area contributed by atoms with Crippen molar-refractivity contribution in [3.8, 4) is 22.2 Å². The van der Waals surface area contributed by atoms with Crippen LogP contribution in [0.3, 0.4) is 0 Å². The number of carbonyl (C=O) groups is 1. The first-order valence-electron chi connectivity index (χ1n) is 7.79. The highest BCUT2D eigenvalue weighted by molar-refractivity contribution is 7.13. The first kappa shape index (κ1) is 15.6. The van der Waals surface area contributed by atoms with Gasteiger partial charge >= 0.3 is 0 Å². The molecule has 3 heterocycles. The van der Waals surface area contributed by atoms with E-state index in [2.05, 4.69) is 15.5 Å². The van der Waals surface area contributed by atoms with Crippen molar-refractivity contribution in [1.82, 2.24) is 15.5 Å². The summed E-state index contributed by atoms with van der Waals surface area (Å²) in [7, 11) is 0. The van der Waals surface area contributed by atoms with Gasteiger partial charge in [-0.1, -0.05) is 17.3 Å². The van der Waals surface area contributed by atoms with Gasteiger partial charge in [0.15, 0.2) is 11.5 Å². The molecular weight excluding hydrogens is 342 g/mol. The summed E-state index contributed by atoms with van der Waals surface area (Å²) in [6.07, 6.45) is 0.696. The Morgan fingerprint density at radius 2 is 2.16 bits per heavy atom. The van der Waals surface area contributed by atoms with E-state index in [0.29, 0.717) is 30.4 Å². The van der Waals surface area contributed by atoms with Crippen LogP contribution in [0.25, 0.3) is 10.7 Å². The molecular formula is C17H15N3O4S. The third-order valence-electron chi connectivity index (χ3n) is 3.70. The van der Waals surface area contributed by atoms with Gasteiger partial charge in [0.1, 0.15) is 0 Å². The average molecular weight is 357 g/mol. The zero-order valence-corrected chi connectivity index (χ0v) is 14.0. The number of fused-ring (bicyclic) bond motifs is 1. The van der Waals surface area contributed by atoms with Crippen LogP contribution in [0, 0.1) is 0 Å². The molecule has 25 heavy (non-hydrogen) atoms. The van der Waals surface area contributed by atoms with Crippen molar-refractivity contribution in [2.24, 2.45) is 0 Å². The van der Waals surface area contributed by atoms with E-state index in [4.69, 9.17) is 14.0 Å². The molecule has 1 aliphatic heterocycles. The molecule has 0 saturated carbocycles. The second-order valence-corrected chi connectivity index (χ2v) is 6.40. The molecule has 0 bridgehead atoms. The van der Waals surface area contributed by atoms with Gasteiger partial charge in [-0.2, -0.15) is 4.98 Å². The predicted molar refractivity (Wildman–Crippen MR) is 90.3 cm³/mol. The maximum absolute atomic E-state index is 12.0. The van der Waals surface area contributed by atoms with Gasteiger partial charge in [-0.15, -0.1) is 11.3 Å². The number of nitrogens with zero attached hydrogens (tertiary/aromatic N) is 2. The predicted octanol–water partition coefficient (Wildman–Crippen LogP) is 2.78. The van der Waals surface area contributed by atoms with Crippen molar-refractivity contribution in [1.29, 1.82) is 0 Å². The highest BCUT2D eigenvalue weighted by Crippen LogP contribution is 2.32. The second kappa shape index (κ2) is 6.94. The summed E-state index contributed by atoms with van der Waals surface area (Å²) >= 11 is 1.54. The molecule has 0 unspecified atom stereocenters. The van der Waals surface area contributed by atoms with Crippen LogP contribution in [-0.4, -0.2) is 22.8 Å². The van der Waals surface area contributed by atoms with Crippen LogP contribution in [0.1, 0.15) is 17.9 Å². The minimum atomic E-state index is -0.0754. The van der Waals surface area contributed by atoms with Crippen LogP contribution in [0.4, 0.5) is 0 Å². The van der Waals surface area contributed by atoms with Gasteiger partial charge in [0, 0.05) is 19.4 Å². The molecule has 0 radical (unpaired) electrons. The molecule has 1 aliphatic rings. The fourth-order valence-corrected chi connectivity index (χ4v) is 3.07. The van der Waals surface area contributed by atoms with Crippen LogP contribution in [0.5, 0.6) is 11.5 Å². The SMILES string of the molecule is O=C(CCc1nc(-c2cccs2)no1)NCc1ccc2c(c1)OCO2. The molecule has 1 amide bonds. The maximum atomic E-state index is 12.0. The van der Waals surface area contributed by atoms with Crippen molar-refractivity contribution in [3.63, 3.8) is 0 Å². The first-order chi connectivity index (χ1) is 12.3. The Hall–Kier alpha value is -2.87. The number of aromatic nitrogens is 2. The summed E-state index contributed by atoms with van der Waals surface area (Å²) in [6, 6.07) is 9.47. The number of benzene rings is 1. The molecule has 0 aliphatic carbocycles. The summed E-state index contributed by atoms with van der Waals surface area (Å²) in [4.78, 5) is 17.3. The number of hydrogen-bond acceptors (Lipinski definition) is 7. The van der Waals surface area contributed by atoms with Crippen LogP contribution in [-0.2, 0) is 17.8 Å². The van der Waals surface area contributed by atoms with E-state index >= 15 is 0 Å². The minimum Gasteiger partial charge on any atom is -0.454 e. The van der Waals surface area contributed by atoms with Gasteiger partial charge in [-0.3, -0.25) is 4.79 Å². The van der Waals surface area contributed by atoms with Gasteiger partial charge in [-0.25, -0.2) is 0 Å². The average Bonchev–Trinajstić information content (AvgIpc) is 3.38. The quantitative estimate of drug-likeness (QED) is 0.730. The van der Waals surface area contributed by atoms with Crippen molar-refractivity contribution in [2.75, 3.05) is 6.79 Å². The van der Waals surface area contributed by atoms with E-state index in [1.165, 1.54) is 0 Å². The summed E-state index contributed by atoms with van der Waals surface area (Å²) in [6.45, 7) is 0.669.